The van der Waals surface area contributed by atoms with E-state index in [1.54, 1.807) is 12.1 Å². The van der Waals surface area contributed by atoms with Crippen LogP contribution in [0.5, 0.6) is 0 Å². The standard InChI is InChI=1S/C14H18N2O2/c1-2-3-4-13(14(17)18)16-10-12-7-5-11(9-15)6-8-12/h5-8,13,16H,2-4,10H2,1H3,(H,17,18)/t13-/m0/s1. The molecule has 0 aliphatic carbocycles. The fourth-order valence-corrected chi connectivity index (χ4v) is 1.66. The van der Waals surface area contributed by atoms with Crippen LogP contribution in [-0.2, 0) is 11.3 Å². The summed E-state index contributed by atoms with van der Waals surface area (Å²) in [5.74, 6) is -0.808. The second-order valence-corrected chi connectivity index (χ2v) is 4.22. The van der Waals surface area contributed by atoms with E-state index in [-0.39, 0.29) is 0 Å². The van der Waals surface area contributed by atoms with E-state index in [2.05, 4.69) is 11.4 Å². The van der Waals surface area contributed by atoms with E-state index in [1.165, 1.54) is 0 Å². The number of nitrogens with zero attached hydrogens (tertiary/aromatic N) is 1. The fraction of sp³-hybridized carbons (Fsp3) is 0.429. The number of aliphatic carboxylic acids is 1. The third-order valence-electron chi connectivity index (χ3n) is 2.78. The lowest BCUT2D eigenvalue weighted by molar-refractivity contribution is -0.139. The predicted octanol–water partition coefficient (Wildman–Crippen LogP) is 2.29. The van der Waals surface area contributed by atoms with Crippen LogP contribution in [0.2, 0.25) is 0 Å². The number of carbonyl (C=O) groups is 1. The van der Waals surface area contributed by atoms with Crippen LogP contribution < -0.4 is 5.32 Å². The van der Waals surface area contributed by atoms with Crippen LogP contribution in [0, 0.1) is 11.3 Å². The van der Waals surface area contributed by atoms with E-state index in [0.29, 0.717) is 18.5 Å². The molecular formula is C14H18N2O2. The number of carboxylic acids is 1. The molecule has 0 aliphatic heterocycles. The lowest BCUT2D eigenvalue weighted by Gasteiger charge is -2.13. The van der Waals surface area contributed by atoms with Gasteiger partial charge >= 0.3 is 5.97 Å². The average Bonchev–Trinajstić information content (AvgIpc) is 2.39. The summed E-state index contributed by atoms with van der Waals surface area (Å²) in [6.45, 7) is 2.55. The van der Waals surface area contributed by atoms with Gasteiger partial charge in [-0.2, -0.15) is 5.26 Å². The zero-order valence-electron chi connectivity index (χ0n) is 10.5. The summed E-state index contributed by atoms with van der Waals surface area (Å²) in [5, 5.41) is 20.8. The second-order valence-electron chi connectivity index (χ2n) is 4.22. The molecule has 0 bridgehead atoms. The quantitative estimate of drug-likeness (QED) is 0.774. The number of nitrogens with one attached hydrogen (secondary N) is 1. The van der Waals surface area contributed by atoms with E-state index >= 15 is 0 Å². The molecule has 1 aromatic carbocycles. The summed E-state index contributed by atoms with van der Waals surface area (Å²) in [7, 11) is 0. The number of benzene rings is 1. The lowest BCUT2D eigenvalue weighted by atomic mass is 10.1. The predicted molar refractivity (Wildman–Crippen MR) is 68.9 cm³/mol. The van der Waals surface area contributed by atoms with Crippen LogP contribution in [0.1, 0.15) is 37.3 Å². The molecule has 1 rings (SSSR count). The summed E-state index contributed by atoms with van der Waals surface area (Å²) < 4.78 is 0. The Morgan fingerprint density at radius 3 is 2.61 bits per heavy atom. The summed E-state index contributed by atoms with van der Waals surface area (Å²) in [6, 6.07) is 8.70. The highest BCUT2D eigenvalue weighted by Gasteiger charge is 2.15. The number of unbranched alkanes of at least 4 members (excludes halogenated alkanes) is 1. The molecule has 96 valence electrons. The van der Waals surface area contributed by atoms with Gasteiger partial charge in [0, 0.05) is 6.54 Å². The van der Waals surface area contributed by atoms with Crippen LogP contribution in [-0.4, -0.2) is 17.1 Å². The molecule has 0 heterocycles. The van der Waals surface area contributed by atoms with E-state index < -0.39 is 12.0 Å². The van der Waals surface area contributed by atoms with Crippen molar-refractivity contribution in [3.63, 3.8) is 0 Å². The van der Waals surface area contributed by atoms with Crippen molar-refractivity contribution in [1.82, 2.24) is 5.32 Å². The van der Waals surface area contributed by atoms with Crippen molar-refractivity contribution >= 4 is 5.97 Å². The Morgan fingerprint density at radius 2 is 2.11 bits per heavy atom. The van der Waals surface area contributed by atoms with Gasteiger partial charge < -0.3 is 10.4 Å². The van der Waals surface area contributed by atoms with E-state index in [4.69, 9.17) is 10.4 Å². The van der Waals surface area contributed by atoms with Crippen molar-refractivity contribution in [2.75, 3.05) is 0 Å². The zero-order chi connectivity index (χ0) is 13.4. The topological polar surface area (TPSA) is 73.1 Å². The van der Waals surface area contributed by atoms with Crippen molar-refractivity contribution in [1.29, 1.82) is 5.26 Å². The van der Waals surface area contributed by atoms with Gasteiger partial charge in [-0.05, 0) is 24.1 Å². The lowest BCUT2D eigenvalue weighted by Crippen LogP contribution is -2.36. The SMILES string of the molecule is CCCC[C@H](NCc1ccc(C#N)cc1)C(=O)O. The van der Waals surface area contributed by atoms with Gasteiger partial charge in [-0.1, -0.05) is 31.9 Å². The molecule has 0 amide bonds. The molecule has 0 fully saturated rings. The summed E-state index contributed by atoms with van der Waals surface area (Å²) in [5.41, 5.74) is 1.59. The van der Waals surface area contributed by atoms with Gasteiger partial charge in [-0.25, -0.2) is 0 Å². The van der Waals surface area contributed by atoms with E-state index in [9.17, 15) is 4.79 Å². The smallest absolute Gasteiger partial charge is 0.320 e. The van der Waals surface area contributed by atoms with Crippen LogP contribution in [0.4, 0.5) is 0 Å². The highest BCUT2D eigenvalue weighted by molar-refractivity contribution is 5.73. The van der Waals surface area contributed by atoms with Gasteiger partial charge in [0.25, 0.3) is 0 Å². The Bertz CT molecular complexity index is 420. The number of rotatable bonds is 7. The minimum Gasteiger partial charge on any atom is -0.480 e. The number of carboxylic acid groups (broad SMARTS) is 1. The van der Waals surface area contributed by atoms with Gasteiger partial charge in [-0.15, -0.1) is 0 Å². The first kappa shape index (κ1) is 14.2. The Kier molecular flexibility index (Phi) is 5.89. The van der Waals surface area contributed by atoms with Gasteiger partial charge in [0.15, 0.2) is 0 Å². The highest BCUT2D eigenvalue weighted by atomic mass is 16.4. The first-order chi connectivity index (χ1) is 8.67. The number of hydrogen-bond donors (Lipinski definition) is 2. The molecular weight excluding hydrogens is 228 g/mol. The molecule has 2 N–H and O–H groups in total. The van der Waals surface area contributed by atoms with Gasteiger partial charge in [0.05, 0.1) is 11.6 Å². The van der Waals surface area contributed by atoms with Gasteiger partial charge in [0.1, 0.15) is 6.04 Å². The third-order valence-corrected chi connectivity index (χ3v) is 2.78. The maximum Gasteiger partial charge on any atom is 0.320 e. The van der Waals surface area contributed by atoms with Crippen molar-refractivity contribution in [2.24, 2.45) is 0 Å². The molecule has 1 aromatic rings. The molecule has 1 atom stereocenters. The Hall–Kier alpha value is -1.86. The normalized spacial score (nSPS) is 11.8. The first-order valence-electron chi connectivity index (χ1n) is 6.12. The van der Waals surface area contributed by atoms with Crippen LogP contribution in [0.15, 0.2) is 24.3 Å². The van der Waals surface area contributed by atoms with Crippen LogP contribution in [0.3, 0.4) is 0 Å². The Balaban J connectivity index is 2.50. The highest BCUT2D eigenvalue weighted by Crippen LogP contribution is 2.06. The van der Waals surface area contributed by atoms with Crippen molar-refractivity contribution < 1.29 is 9.90 Å². The summed E-state index contributed by atoms with van der Waals surface area (Å²) in [4.78, 5) is 11.0. The molecule has 0 saturated carbocycles. The van der Waals surface area contributed by atoms with Crippen molar-refractivity contribution in [3.8, 4) is 6.07 Å². The van der Waals surface area contributed by atoms with Crippen molar-refractivity contribution in [3.05, 3.63) is 35.4 Å². The molecule has 0 radical (unpaired) electrons. The van der Waals surface area contributed by atoms with Gasteiger partial charge in [0.2, 0.25) is 0 Å². The molecule has 0 aliphatic rings. The molecule has 0 unspecified atom stereocenters. The van der Waals surface area contributed by atoms with Crippen LogP contribution in [0.25, 0.3) is 0 Å². The Labute approximate surface area is 107 Å². The van der Waals surface area contributed by atoms with E-state index in [1.807, 2.05) is 19.1 Å². The molecule has 4 nitrogen and oxygen atoms in total. The van der Waals surface area contributed by atoms with Gasteiger partial charge in [-0.3, -0.25) is 4.79 Å². The Morgan fingerprint density at radius 1 is 1.44 bits per heavy atom. The molecule has 4 heteroatoms. The summed E-state index contributed by atoms with van der Waals surface area (Å²) in [6.07, 6.45) is 2.53. The number of nitriles is 1. The maximum atomic E-state index is 11.0. The zero-order valence-corrected chi connectivity index (χ0v) is 10.5. The largest absolute Gasteiger partial charge is 0.480 e. The summed E-state index contributed by atoms with van der Waals surface area (Å²) >= 11 is 0. The number of hydrogen-bond acceptors (Lipinski definition) is 3. The fourth-order valence-electron chi connectivity index (χ4n) is 1.66. The second kappa shape index (κ2) is 7.46. The molecule has 18 heavy (non-hydrogen) atoms. The average molecular weight is 246 g/mol. The minimum atomic E-state index is -0.808. The first-order valence-corrected chi connectivity index (χ1v) is 6.12. The molecule has 0 saturated heterocycles. The molecule has 0 spiro atoms. The molecule has 0 aromatic heterocycles. The third kappa shape index (κ3) is 4.56. The monoisotopic (exact) mass is 246 g/mol. The maximum absolute atomic E-state index is 11.0. The van der Waals surface area contributed by atoms with Crippen LogP contribution >= 0.6 is 0 Å². The van der Waals surface area contributed by atoms with Crippen molar-refractivity contribution in [2.45, 2.75) is 38.8 Å². The van der Waals surface area contributed by atoms with E-state index in [0.717, 1.165) is 18.4 Å². The minimum absolute atomic E-state index is 0.499.